The van der Waals surface area contributed by atoms with Crippen LogP contribution >= 0.6 is 12.0 Å². The molecule has 0 aromatic carbocycles. The Bertz CT molecular complexity index is 225. The Balaban J connectivity index is 0.00000225. The molecular formula is C7H9F2NaO5S. The molecular weight excluding hydrogens is 257 g/mol. The molecule has 0 aromatic rings. The fourth-order valence-electron chi connectivity index (χ4n) is 1.32. The third-order valence-electron chi connectivity index (χ3n) is 1.98. The van der Waals surface area contributed by atoms with Crippen LogP contribution in [0.2, 0.25) is 0 Å². The fraction of sp³-hybridized carbons (Fsp3) is 0.857. The van der Waals surface area contributed by atoms with Gasteiger partial charge in [-0.05, 0) is 25.7 Å². The summed E-state index contributed by atoms with van der Waals surface area (Å²) in [5.41, 5.74) is 0. The van der Waals surface area contributed by atoms with Crippen LogP contribution in [-0.4, -0.2) is 17.3 Å². The zero-order valence-corrected chi connectivity index (χ0v) is 11.4. The van der Waals surface area contributed by atoms with Crippen molar-refractivity contribution < 1.29 is 62.5 Å². The van der Waals surface area contributed by atoms with Crippen LogP contribution in [0.1, 0.15) is 25.7 Å². The van der Waals surface area contributed by atoms with E-state index in [1.807, 2.05) is 0 Å². The standard InChI is InChI=1S/C7H10F2O5S.Na/c8-7(9,15-14-13-11)6(10)12-5-3-1-2-4-5;/h5,11H,1-4H2;/q;+1/p-1. The van der Waals surface area contributed by atoms with E-state index in [4.69, 9.17) is 0 Å². The molecule has 16 heavy (non-hydrogen) atoms. The van der Waals surface area contributed by atoms with Gasteiger partial charge in [-0.2, -0.15) is 13.1 Å². The van der Waals surface area contributed by atoms with E-state index in [0.29, 0.717) is 12.8 Å². The smallest absolute Gasteiger partial charge is 0.691 e. The number of rotatable bonds is 5. The van der Waals surface area contributed by atoms with E-state index in [0.717, 1.165) is 12.8 Å². The van der Waals surface area contributed by atoms with Crippen LogP contribution < -0.4 is 34.8 Å². The number of alkyl halides is 2. The average molecular weight is 266 g/mol. The van der Waals surface area contributed by atoms with Gasteiger partial charge in [0.05, 0.1) is 0 Å². The first-order chi connectivity index (χ1) is 7.06. The first-order valence-corrected chi connectivity index (χ1v) is 5.03. The maximum atomic E-state index is 12.8. The second-order valence-corrected chi connectivity index (χ2v) is 3.86. The zero-order valence-electron chi connectivity index (χ0n) is 8.61. The fourth-order valence-corrected chi connectivity index (χ4v) is 1.55. The Morgan fingerprint density at radius 1 is 1.38 bits per heavy atom. The Morgan fingerprint density at radius 3 is 2.44 bits per heavy atom. The van der Waals surface area contributed by atoms with Gasteiger partial charge in [0.1, 0.15) is 18.1 Å². The van der Waals surface area contributed by atoms with Crippen molar-refractivity contribution in [3.05, 3.63) is 0 Å². The van der Waals surface area contributed by atoms with Crippen LogP contribution in [0.25, 0.3) is 0 Å². The first-order valence-electron chi connectivity index (χ1n) is 4.29. The van der Waals surface area contributed by atoms with Gasteiger partial charge in [0.25, 0.3) is 0 Å². The SMILES string of the molecule is O=C(OC1CCCC1)C(F)(F)SOO[O-].[Na+]. The van der Waals surface area contributed by atoms with Gasteiger partial charge in [-0.15, -0.1) is 0 Å². The van der Waals surface area contributed by atoms with Crippen LogP contribution in [0.15, 0.2) is 0 Å². The molecule has 0 saturated heterocycles. The summed E-state index contributed by atoms with van der Waals surface area (Å²) in [5, 5.41) is 8.11. The maximum absolute atomic E-state index is 12.8. The molecule has 0 heterocycles. The summed E-state index contributed by atoms with van der Waals surface area (Å²) in [7, 11) is 0. The minimum absolute atomic E-state index is 0. The summed E-state index contributed by atoms with van der Waals surface area (Å²) >= 11 is -0.672. The average Bonchev–Trinajstić information content (AvgIpc) is 2.67. The van der Waals surface area contributed by atoms with Crippen molar-refractivity contribution in [1.82, 2.24) is 0 Å². The predicted molar refractivity (Wildman–Crippen MR) is 43.1 cm³/mol. The molecule has 0 amide bonds. The van der Waals surface area contributed by atoms with Gasteiger partial charge in [0, 0.05) is 0 Å². The maximum Gasteiger partial charge on any atom is 1.00 e. The Kier molecular flexibility index (Phi) is 8.08. The van der Waals surface area contributed by atoms with Crippen molar-refractivity contribution in [2.24, 2.45) is 0 Å². The molecule has 1 aliphatic carbocycles. The molecule has 1 aliphatic rings. The molecule has 9 heteroatoms. The van der Waals surface area contributed by atoms with E-state index < -0.39 is 29.4 Å². The van der Waals surface area contributed by atoms with Gasteiger partial charge >= 0.3 is 40.8 Å². The summed E-state index contributed by atoms with van der Waals surface area (Å²) in [4.78, 5) is 10.9. The van der Waals surface area contributed by atoms with Crippen LogP contribution in [-0.2, 0) is 18.9 Å². The van der Waals surface area contributed by atoms with Crippen molar-refractivity contribution in [2.75, 3.05) is 0 Å². The monoisotopic (exact) mass is 266 g/mol. The summed E-state index contributed by atoms with van der Waals surface area (Å²) in [6.45, 7) is 0. The Morgan fingerprint density at radius 2 is 1.94 bits per heavy atom. The molecule has 88 valence electrons. The number of hydrogen-bond acceptors (Lipinski definition) is 6. The second-order valence-electron chi connectivity index (χ2n) is 3.05. The van der Waals surface area contributed by atoms with E-state index in [2.05, 4.69) is 14.1 Å². The summed E-state index contributed by atoms with van der Waals surface area (Å²) in [6, 6.07) is 0. The molecule has 0 atom stereocenters. The molecule has 1 fully saturated rings. The molecule has 0 N–H and O–H groups in total. The van der Waals surface area contributed by atoms with Crippen molar-refractivity contribution in [3.63, 3.8) is 0 Å². The van der Waals surface area contributed by atoms with E-state index >= 15 is 0 Å². The molecule has 0 unspecified atom stereocenters. The number of hydrogen-bond donors (Lipinski definition) is 0. The molecule has 1 saturated carbocycles. The van der Waals surface area contributed by atoms with Gasteiger partial charge in [-0.1, -0.05) is 0 Å². The molecule has 5 nitrogen and oxygen atoms in total. The molecule has 0 aliphatic heterocycles. The van der Waals surface area contributed by atoms with E-state index in [1.54, 1.807) is 0 Å². The third kappa shape index (κ3) is 5.26. The van der Waals surface area contributed by atoms with Crippen molar-refractivity contribution in [1.29, 1.82) is 0 Å². The molecule has 0 bridgehead atoms. The molecule has 0 aromatic heterocycles. The quantitative estimate of drug-likeness (QED) is 0.187. The van der Waals surface area contributed by atoms with Gasteiger partial charge < -0.3 is 9.99 Å². The largest absolute Gasteiger partial charge is 1.00 e. The molecule has 1 rings (SSSR count). The van der Waals surface area contributed by atoms with Crippen LogP contribution in [0.3, 0.4) is 0 Å². The van der Waals surface area contributed by atoms with E-state index in [9.17, 15) is 18.8 Å². The zero-order chi connectivity index (χ0) is 11.3. The van der Waals surface area contributed by atoms with Crippen molar-refractivity contribution in [3.8, 4) is 0 Å². The van der Waals surface area contributed by atoms with Gasteiger partial charge in [-0.3, -0.25) is 5.04 Å². The topological polar surface area (TPSA) is 67.8 Å². The van der Waals surface area contributed by atoms with Crippen LogP contribution in [0.4, 0.5) is 8.78 Å². The molecule has 0 spiro atoms. The first kappa shape index (κ1) is 16.6. The third-order valence-corrected chi connectivity index (χ3v) is 2.48. The van der Waals surface area contributed by atoms with Gasteiger partial charge in [-0.25, -0.2) is 4.79 Å². The van der Waals surface area contributed by atoms with Gasteiger partial charge in [0.2, 0.25) is 0 Å². The second kappa shape index (κ2) is 7.80. The predicted octanol–water partition coefficient (Wildman–Crippen LogP) is -2.06. The summed E-state index contributed by atoms with van der Waals surface area (Å²) in [6.07, 6.45) is 2.43. The van der Waals surface area contributed by atoms with Crippen LogP contribution in [0.5, 0.6) is 0 Å². The van der Waals surface area contributed by atoms with Gasteiger partial charge in [0.15, 0.2) is 0 Å². The minimum Gasteiger partial charge on any atom is -0.691 e. The minimum atomic E-state index is -3.92. The summed E-state index contributed by atoms with van der Waals surface area (Å²) in [5.74, 6) is -1.71. The summed E-state index contributed by atoms with van der Waals surface area (Å²) < 4.78 is 33.5. The van der Waals surface area contributed by atoms with E-state index in [1.165, 1.54) is 0 Å². The Labute approximate surface area is 117 Å². The number of ether oxygens (including phenoxy) is 1. The normalized spacial score (nSPS) is 16.9. The Hall–Kier alpha value is 0.560. The van der Waals surface area contributed by atoms with Crippen LogP contribution in [0, 0.1) is 0 Å². The number of halogens is 2. The number of carbonyl (C=O) groups is 1. The van der Waals surface area contributed by atoms with Crippen molar-refractivity contribution in [2.45, 2.75) is 37.0 Å². The van der Waals surface area contributed by atoms with Crippen molar-refractivity contribution >= 4 is 18.0 Å². The molecule has 0 radical (unpaired) electrons. The number of esters is 1. The number of carbonyl (C=O) groups excluding carboxylic acids is 1. The van der Waals surface area contributed by atoms with E-state index in [-0.39, 0.29) is 29.6 Å².